The molecule has 2 amide bonds. The largest absolute Gasteiger partial charge is 0.481 e. The third kappa shape index (κ3) is 4.62. The number of hydrogen-bond acceptors (Lipinski definition) is 9. The molecular formula is C25H26N6O5S. The Kier molecular flexibility index (Phi) is 6.21. The number of hydrogen-bond donors (Lipinski definition) is 1. The lowest BCUT2D eigenvalue weighted by molar-refractivity contribution is -0.113. The first-order valence-corrected chi connectivity index (χ1v) is 13.2. The van der Waals surface area contributed by atoms with Gasteiger partial charge in [-0.3, -0.25) is 24.0 Å². The lowest BCUT2D eigenvalue weighted by Crippen LogP contribution is -2.56. The number of aromatic nitrogens is 3. The molecule has 0 spiro atoms. The van der Waals surface area contributed by atoms with E-state index in [9.17, 15) is 14.4 Å². The van der Waals surface area contributed by atoms with Crippen LogP contribution in [-0.4, -0.2) is 76.6 Å². The molecule has 2 unspecified atom stereocenters. The average molecular weight is 523 g/mol. The summed E-state index contributed by atoms with van der Waals surface area (Å²) in [6.45, 7) is 3.04. The molecule has 1 N–H and O–H groups in total. The van der Waals surface area contributed by atoms with Crippen molar-refractivity contribution in [1.82, 2.24) is 19.4 Å². The topological polar surface area (TPSA) is 119 Å². The van der Waals surface area contributed by atoms with Crippen LogP contribution in [-0.2, 0) is 16.1 Å². The first kappa shape index (κ1) is 23.7. The van der Waals surface area contributed by atoms with Crippen LogP contribution in [0.5, 0.6) is 5.88 Å². The molecule has 12 heteroatoms. The van der Waals surface area contributed by atoms with Gasteiger partial charge in [-0.1, -0.05) is 0 Å². The second-order valence-electron chi connectivity index (χ2n) is 9.32. The van der Waals surface area contributed by atoms with Gasteiger partial charge in [0.15, 0.2) is 0 Å². The molecule has 3 aliphatic rings. The number of amides is 2. The van der Waals surface area contributed by atoms with Gasteiger partial charge in [0, 0.05) is 49.6 Å². The highest BCUT2D eigenvalue weighted by Crippen LogP contribution is 2.34. The molecule has 3 aromatic rings. The predicted octanol–water partition coefficient (Wildman–Crippen LogP) is 2.19. The molecule has 11 nitrogen and oxygen atoms in total. The van der Waals surface area contributed by atoms with Crippen LogP contribution in [0.25, 0.3) is 11.0 Å². The summed E-state index contributed by atoms with van der Waals surface area (Å²) in [4.78, 5) is 50.9. The number of nitrogens with one attached hydrogen (secondary N) is 1. The fourth-order valence-electron chi connectivity index (χ4n) is 5.08. The zero-order valence-corrected chi connectivity index (χ0v) is 21.1. The maximum absolute atomic E-state index is 12.9. The molecule has 3 aliphatic heterocycles. The standard InChI is InChI=1S/C25H26N6O5S/c1-35-21-6-2-15-3-7-22(33)30(24(15)28-21)11-10-29-9-8-16-12-31(25(34)36-17(16)13-29)19-5-4-18-23(26-19)27-20(32)14-37-18/h2-7,16-17H,8-14H2,1H3,(H,26,27,32). The first-order chi connectivity index (χ1) is 18.0. The van der Waals surface area contributed by atoms with Crippen molar-refractivity contribution in [3.05, 3.63) is 46.8 Å². The molecule has 192 valence electrons. The van der Waals surface area contributed by atoms with Gasteiger partial charge in [0.25, 0.3) is 5.56 Å². The van der Waals surface area contributed by atoms with Crippen molar-refractivity contribution in [1.29, 1.82) is 0 Å². The predicted molar refractivity (Wildman–Crippen MR) is 138 cm³/mol. The average Bonchev–Trinajstić information content (AvgIpc) is 2.91. The summed E-state index contributed by atoms with van der Waals surface area (Å²) in [5.74, 6) is 1.85. The van der Waals surface area contributed by atoms with Crippen LogP contribution in [0.2, 0.25) is 0 Å². The van der Waals surface area contributed by atoms with E-state index >= 15 is 0 Å². The molecule has 2 saturated heterocycles. The van der Waals surface area contributed by atoms with Crippen molar-refractivity contribution in [2.24, 2.45) is 5.92 Å². The number of thioether (sulfide) groups is 1. The number of anilines is 2. The third-order valence-electron chi connectivity index (χ3n) is 7.06. The molecule has 0 aliphatic carbocycles. The van der Waals surface area contributed by atoms with Gasteiger partial charge in [-0.05, 0) is 37.2 Å². The fraction of sp³-hybridized carbons (Fsp3) is 0.400. The van der Waals surface area contributed by atoms with Gasteiger partial charge in [0.1, 0.15) is 23.4 Å². The molecule has 0 aromatic carbocycles. The van der Waals surface area contributed by atoms with Crippen LogP contribution in [0, 0.1) is 5.92 Å². The van der Waals surface area contributed by atoms with Crippen LogP contribution in [0.1, 0.15) is 6.42 Å². The Balaban J connectivity index is 1.12. The quantitative estimate of drug-likeness (QED) is 0.538. The number of ether oxygens (including phenoxy) is 2. The third-order valence-corrected chi connectivity index (χ3v) is 8.11. The summed E-state index contributed by atoms with van der Waals surface area (Å²) in [6.07, 6.45) is 0.183. The second-order valence-corrected chi connectivity index (χ2v) is 10.3. The van der Waals surface area contributed by atoms with Crippen molar-refractivity contribution in [3.8, 4) is 5.88 Å². The zero-order chi connectivity index (χ0) is 25.5. The van der Waals surface area contributed by atoms with Crippen molar-refractivity contribution >= 4 is 46.4 Å². The Morgan fingerprint density at radius 3 is 2.81 bits per heavy atom. The Morgan fingerprint density at radius 2 is 1.95 bits per heavy atom. The number of fused-ring (bicyclic) bond motifs is 3. The molecule has 0 bridgehead atoms. The number of rotatable bonds is 5. The highest BCUT2D eigenvalue weighted by atomic mass is 32.2. The number of nitrogens with zero attached hydrogens (tertiary/aromatic N) is 5. The highest BCUT2D eigenvalue weighted by molar-refractivity contribution is 8.00. The first-order valence-electron chi connectivity index (χ1n) is 12.2. The molecule has 6 heterocycles. The summed E-state index contributed by atoms with van der Waals surface area (Å²) < 4.78 is 12.7. The van der Waals surface area contributed by atoms with E-state index in [1.165, 1.54) is 11.8 Å². The molecule has 0 saturated carbocycles. The van der Waals surface area contributed by atoms with Gasteiger partial charge >= 0.3 is 6.09 Å². The van der Waals surface area contributed by atoms with E-state index in [1.54, 1.807) is 40.8 Å². The fourth-order valence-corrected chi connectivity index (χ4v) is 5.84. The second kappa shape index (κ2) is 9.67. The molecule has 3 aromatic heterocycles. The van der Waals surface area contributed by atoms with Crippen LogP contribution in [0.4, 0.5) is 16.4 Å². The van der Waals surface area contributed by atoms with Gasteiger partial charge in [0.2, 0.25) is 11.8 Å². The van der Waals surface area contributed by atoms with E-state index in [-0.39, 0.29) is 23.5 Å². The number of likely N-dealkylation sites (tertiary alicyclic amines) is 1. The maximum atomic E-state index is 12.9. The van der Waals surface area contributed by atoms with Crippen LogP contribution >= 0.6 is 11.8 Å². The van der Waals surface area contributed by atoms with Crippen molar-refractivity contribution in [2.45, 2.75) is 24.0 Å². The van der Waals surface area contributed by atoms with Gasteiger partial charge < -0.3 is 14.8 Å². The smallest absolute Gasteiger partial charge is 0.415 e. The lowest BCUT2D eigenvalue weighted by Gasteiger charge is -2.43. The van der Waals surface area contributed by atoms with Crippen molar-refractivity contribution in [2.75, 3.05) is 49.3 Å². The molecule has 6 rings (SSSR count). The molecule has 2 atom stereocenters. The van der Waals surface area contributed by atoms with Crippen LogP contribution < -0.4 is 20.5 Å². The van der Waals surface area contributed by atoms with Gasteiger partial charge in [-0.25, -0.2) is 9.78 Å². The maximum Gasteiger partial charge on any atom is 0.415 e. The molecule has 0 radical (unpaired) electrons. The molecule has 37 heavy (non-hydrogen) atoms. The number of carbonyl (C=O) groups is 2. The minimum Gasteiger partial charge on any atom is -0.481 e. The van der Waals surface area contributed by atoms with Crippen LogP contribution in [0.3, 0.4) is 0 Å². The highest BCUT2D eigenvalue weighted by Gasteiger charge is 2.40. The van der Waals surface area contributed by atoms with Crippen molar-refractivity contribution in [3.63, 3.8) is 0 Å². The Labute approximate surface area is 216 Å². The molecule has 2 fully saturated rings. The zero-order valence-electron chi connectivity index (χ0n) is 20.3. The van der Waals surface area contributed by atoms with E-state index in [4.69, 9.17) is 9.47 Å². The summed E-state index contributed by atoms with van der Waals surface area (Å²) in [6, 6.07) is 10.7. The van der Waals surface area contributed by atoms with Gasteiger partial charge in [0.05, 0.1) is 17.8 Å². The van der Waals surface area contributed by atoms with E-state index < -0.39 is 6.09 Å². The number of piperidine rings is 1. The van der Waals surface area contributed by atoms with E-state index in [0.717, 1.165) is 23.2 Å². The van der Waals surface area contributed by atoms with Gasteiger partial charge in [-0.2, -0.15) is 4.98 Å². The Morgan fingerprint density at radius 1 is 1.08 bits per heavy atom. The SMILES string of the molecule is COc1ccc2ccc(=O)n(CCN3CCC4CN(c5ccc6c(n5)NC(=O)CS6)C(=O)OC4C3)c2n1. The number of methoxy groups -OCH3 is 1. The minimum atomic E-state index is -0.438. The number of carbonyl (C=O) groups excluding carboxylic acids is 2. The van der Waals surface area contributed by atoms with E-state index in [1.807, 2.05) is 12.1 Å². The number of pyridine rings is 3. The Hall–Kier alpha value is -3.64. The summed E-state index contributed by atoms with van der Waals surface area (Å²) in [5.41, 5.74) is 0.476. The van der Waals surface area contributed by atoms with Gasteiger partial charge in [-0.15, -0.1) is 11.8 Å². The lowest BCUT2D eigenvalue weighted by atomic mass is 9.92. The van der Waals surface area contributed by atoms with E-state index in [0.29, 0.717) is 55.1 Å². The van der Waals surface area contributed by atoms with Crippen molar-refractivity contribution < 1.29 is 19.1 Å². The Bertz CT molecular complexity index is 1440. The summed E-state index contributed by atoms with van der Waals surface area (Å²) in [5, 5.41) is 3.64. The monoisotopic (exact) mass is 522 g/mol. The summed E-state index contributed by atoms with van der Waals surface area (Å²) >= 11 is 1.43. The van der Waals surface area contributed by atoms with E-state index in [2.05, 4.69) is 20.2 Å². The summed E-state index contributed by atoms with van der Waals surface area (Å²) in [7, 11) is 1.55. The van der Waals surface area contributed by atoms with Crippen LogP contribution in [0.15, 0.2) is 46.1 Å². The normalized spacial score (nSPS) is 21.7. The molecular weight excluding hydrogens is 496 g/mol. The minimum absolute atomic E-state index is 0.100.